The molecule has 1 aromatic rings. The van der Waals surface area contributed by atoms with Crippen LogP contribution in [0.5, 0.6) is 0 Å². The van der Waals surface area contributed by atoms with Crippen LogP contribution in [0.2, 0.25) is 0 Å². The van der Waals surface area contributed by atoms with E-state index in [0.717, 1.165) is 23.5 Å². The highest BCUT2D eigenvalue weighted by Gasteiger charge is 2.39. The number of benzene rings is 1. The summed E-state index contributed by atoms with van der Waals surface area (Å²) < 4.78 is 26.0. The number of hydrogen-bond donors (Lipinski definition) is 1. The average molecular weight is 379 g/mol. The van der Waals surface area contributed by atoms with Gasteiger partial charge in [-0.1, -0.05) is 18.6 Å². The van der Waals surface area contributed by atoms with Gasteiger partial charge in [0, 0.05) is 19.0 Å². The maximum Gasteiger partial charge on any atom is 0.232 e. The molecule has 6 heteroatoms. The van der Waals surface area contributed by atoms with Gasteiger partial charge in [0.15, 0.2) is 0 Å². The molecule has 1 N–H and O–H groups in total. The van der Waals surface area contributed by atoms with Crippen LogP contribution in [0.1, 0.15) is 49.7 Å². The lowest BCUT2D eigenvalue weighted by atomic mass is 9.95. The van der Waals surface area contributed by atoms with Crippen molar-refractivity contribution in [3.05, 3.63) is 29.3 Å². The topological polar surface area (TPSA) is 66.5 Å². The molecule has 0 radical (unpaired) electrons. The number of nitrogens with zero attached hydrogens (tertiary/aromatic N) is 1. The fourth-order valence-electron chi connectivity index (χ4n) is 4.55. The third-order valence-corrected chi connectivity index (χ3v) is 7.27. The van der Waals surface area contributed by atoms with E-state index in [4.69, 9.17) is 0 Å². The van der Waals surface area contributed by atoms with E-state index in [9.17, 15) is 13.2 Å². The average Bonchev–Trinajstić information content (AvgIpc) is 3.16. The van der Waals surface area contributed by atoms with E-state index < -0.39 is 10.0 Å². The molecule has 0 aromatic heterocycles. The molecule has 2 aliphatic rings. The van der Waals surface area contributed by atoms with E-state index in [0.29, 0.717) is 37.0 Å². The number of aryl methyl sites for hydroxylation is 1. The molecule has 2 bridgehead atoms. The van der Waals surface area contributed by atoms with Crippen molar-refractivity contribution in [1.29, 1.82) is 0 Å². The zero-order chi connectivity index (χ0) is 18.9. The van der Waals surface area contributed by atoms with Gasteiger partial charge in [0.05, 0.1) is 11.9 Å². The lowest BCUT2D eigenvalue weighted by Crippen LogP contribution is -2.39. The Balaban J connectivity index is 1.57. The number of carbonyl (C=O) groups excluding carboxylic acids is 1. The molecule has 2 aliphatic carbocycles. The minimum Gasteiger partial charge on any atom is -0.353 e. The third kappa shape index (κ3) is 4.22. The van der Waals surface area contributed by atoms with Crippen molar-refractivity contribution in [2.24, 2.45) is 11.8 Å². The van der Waals surface area contributed by atoms with Crippen LogP contribution < -0.4 is 9.62 Å². The van der Waals surface area contributed by atoms with Crippen molar-refractivity contribution < 1.29 is 13.2 Å². The van der Waals surface area contributed by atoms with Gasteiger partial charge in [-0.2, -0.15) is 0 Å². The van der Waals surface area contributed by atoms with E-state index in [1.165, 1.54) is 29.8 Å². The van der Waals surface area contributed by atoms with Crippen molar-refractivity contribution in [1.82, 2.24) is 5.32 Å². The minimum absolute atomic E-state index is 0.0527. The van der Waals surface area contributed by atoms with Crippen LogP contribution in [0.25, 0.3) is 0 Å². The Hall–Kier alpha value is -1.56. The fraction of sp³-hybridized carbons (Fsp3) is 0.650. The first-order valence-corrected chi connectivity index (χ1v) is 11.4. The second kappa shape index (κ2) is 7.59. The number of anilines is 1. The van der Waals surface area contributed by atoms with Crippen LogP contribution in [-0.4, -0.2) is 33.2 Å². The highest BCUT2D eigenvalue weighted by Crippen LogP contribution is 2.44. The van der Waals surface area contributed by atoms with Gasteiger partial charge in [-0.15, -0.1) is 0 Å². The summed E-state index contributed by atoms with van der Waals surface area (Å²) in [7, 11) is -3.38. The van der Waals surface area contributed by atoms with Crippen molar-refractivity contribution >= 4 is 21.6 Å². The molecule has 0 heterocycles. The van der Waals surface area contributed by atoms with Gasteiger partial charge in [0.2, 0.25) is 15.9 Å². The highest BCUT2D eigenvalue weighted by molar-refractivity contribution is 7.92. The Morgan fingerprint density at radius 3 is 2.62 bits per heavy atom. The van der Waals surface area contributed by atoms with Crippen LogP contribution in [0, 0.1) is 25.7 Å². The van der Waals surface area contributed by atoms with Gasteiger partial charge in [-0.05, 0) is 68.6 Å². The summed E-state index contributed by atoms with van der Waals surface area (Å²) in [6, 6.07) is 6.02. The lowest BCUT2D eigenvalue weighted by molar-refractivity contribution is -0.122. The minimum atomic E-state index is -3.38. The van der Waals surface area contributed by atoms with Crippen LogP contribution in [0.15, 0.2) is 18.2 Å². The quantitative estimate of drug-likeness (QED) is 0.792. The monoisotopic (exact) mass is 378 g/mol. The fourth-order valence-corrected chi connectivity index (χ4v) is 5.57. The van der Waals surface area contributed by atoms with Crippen LogP contribution in [0.4, 0.5) is 5.69 Å². The van der Waals surface area contributed by atoms with Gasteiger partial charge in [0.1, 0.15) is 0 Å². The van der Waals surface area contributed by atoms with Gasteiger partial charge in [-0.3, -0.25) is 9.10 Å². The number of rotatable bonds is 7. The summed E-state index contributed by atoms with van der Waals surface area (Å²) in [4.78, 5) is 12.3. The Morgan fingerprint density at radius 1 is 1.23 bits per heavy atom. The molecule has 0 aliphatic heterocycles. The molecule has 3 atom stereocenters. The SMILES string of the molecule is Cc1cccc(N(CCCC(=O)NC2CC3CCC2C3)S(C)(=O)=O)c1C. The molecule has 3 rings (SSSR count). The molecule has 1 amide bonds. The summed E-state index contributed by atoms with van der Waals surface area (Å²) in [5, 5.41) is 3.18. The molecule has 144 valence electrons. The number of amides is 1. The van der Waals surface area contributed by atoms with Crippen molar-refractivity contribution in [2.75, 3.05) is 17.1 Å². The molecule has 2 fully saturated rings. The van der Waals surface area contributed by atoms with Crippen molar-refractivity contribution in [2.45, 2.75) is 58.4 Å². The van der Waals surface area contributed by atoms with E-state index >= 15 is 0 Å². The number of hydrogen-bond acceptors (Lipinski definition) is 3. The lowest BCUT2D eigenvalue weighted by Gasteiger charge is -2.25. The summed E-state index contributed by atoms with van der Waals surface area (Å²) in [6.45, 7) is 4.24. The first-order valence-electron chi connectivity index (χ1n) is 9.59. The summed E-state index contributed by atoms with van der Waals surface area (Å²) in [6.07, 6.45) is 7.05. The molecule has 1 aromatic carbocycles. The maximum absolute atomic E-state index is 12.3. The predicted molar refractivity (Wildman–Crippen MR) is 105 cm³/mol. The smallest absolute Gasteiger partial charge is 0.232 e. The standard InChI is InChI=1S/C20H30N2O3S/c1-14-6-4-7-19(15(14)2)22(26(3,24)25)11-5-8-20(23)21-18-13-16-9-10-17(18)12-16/h4,6-7,16-18H,5,8-13H2,1-3H3,(H,21,23). The number of fused-ring (bicyclic) bond motifs is 2. The molecular formula is C20H30N2O3S. The zero-order valence-corrected chi connectivity index (χ0v) is 16.8. The van der Waals surface area contributed by atoms with E-state index in [2.05, 4.69) is 5.32 Å². The van der Waals surface area contributed by atoms with Gasteiger partial charge in [0.25, 0.3) is 0 Å². The Kier molecular flexibility index (Phi) is 5.61. The molecule has 0 saturated heterocycles. The maximum atomic E-state index is 12.3. The molecular weight excluding hydrogens is 348 g/mol. The molecule has 5 nitrogen and oxygen atoms in total. The molecule has 26 heavy (non-hydrogen) atoms. The van der Waals surface area contributed by atoms with E-state index in [1.807, 2.05) is 32.0 Å². The summed E-state index contributed by atoms with van der Waals surface area (Å²) in [5.74, 6) is 1.51. The third-order valence-electron chi connectivity index (χ3n) is 6.09. The van der Waals surface area contributed by atoms with Crippen LogP contribution in [-0.2, 0) is 14.8 Å². The highest BCUT2D eigenvalue weighted by atomic mass is 32.2. The summed E-state index contributed by atoms with van der Waals surface area (Å²) in [5.41, 5.74) is 2.73. The Labute approximate surface area is 157 Å². The second-order valence-corrected chi connectivity index (χ2v) is 9.91. The molecule has 3 unspecified atom stereocenters. The van der Waals surface area contributed by atoms with Gasteiger partial charge >= 0.3 is 0 Å². The van der Waals surface area contributed by atoms with E-state index in [-0.39, 0.29) is 5.91 Å². The first-order chi connectivity index (χ1) is 12.3. The second-order valence-electron chi connectivity index (χ2n) is 8.01. The molecule has 2 saturated carbocycles. The van der Waals surface area contributed by atoms with E-state index in [1.54, 1.807) is 0 Å². The Morgan fingerprint density at radius 2 is 2.00 bits per heavy atom. The predicted octanol–water partition coefficient (Wildman–Crippen LogP) is 3.15. The number of sulfonamides is 1. The number of carbonyl (C=O) groups is 1. The Bertz CT molecular complexity index is 775. The van der Waals surface area contributed by atoms with Crippen LogP contribution >= 0.6 is 0 Å². The normalized spacial score (nSPS) is 24.7. The molecule has 0 spiro atoms. The zero-order valence-electron chi connectivity index (χ0n) is 16.0. The van der Waals surface area contributed by atoms with Crippen molar-refractivity contribution in [3.63, 3.8) is 0 Å². The number of nitrogens with one attached hydrogen (secondary N) is 1. The van der Waals surface area contributed by atoms with Crippen molar-refractivity contribution in [3.8, 4) is 0 Å². The van der Waals surface area contributed by atoms with Gasteiger partial charge < -0.3 is 5.32 Å². The summed E-state index contributed by atoms with van der Waals surface area (Å²) >= 11 is 0. The van der Waals surface area contributed by atoms with Crippen LogP contribution in [0.3, 0.4) is 0 Å². The van der Waals surface area contributed by atoms with Gasteiger partial charge in [-0.25, -0.2) is 8.42 Å². The first kappa shape index (κ1) is 19.2. The largest absolute Gasteiger partial charge is 0.353 e.